The van der Waals surface area contributed by atoms with Gasteiger partial charge >= 0.3 is 0 Å². The molecule has 0 saturated heterocycles. The van der Waals surface area contributed by atoms with E-state index in [-0.39, 0.29) is 5.43 Å². The molecule has 0 bridgehead atoms. The van der Waals surface area contributed by atoms with Crippen molar-refractivity contribution in [3.63, 3.8) is 0 Å². The molecule has 0 radical (unpaired) electrons. The summed E-state index contributed by atoms with van der Waals surface area (Å²) in [4.78, 5) is 12.3. The molecule has 0 aliphatic rings. The largest absolute Gasteiger partial charge is 0.497 e. The van der Waals surface area contributed by atoms with Gasteiger partial charge in [-0.2, -0.15) is 0 Å². The van der Waals surface area contributed by atoms with Crippen molar-refractivity contribution in [1.29, 1.82) is 0 Å². The molecule has 0 atom stereocenters. The molecule has 0 fully saturated rings. The lowest BCUT2D eigenvalue weighted by Gasteiger charge is -2.07. The van der Waals surface area contributed by atoms with Crippen LogP contribution in [0.3, 0.4) is 0 Å². The summed E-state index contributed by atoms with van der Waals surface area (Å²) < 4.78 is 16.9. The molecule has 3 aromatic rings. The number of hydrogen-bond acceptors (Lipinski definition) is 4. The summed E-state index contributed by atoms with van der Waals surface area (Å²) in [6, 6.07) is 12.2. The Morgan fingerprint density at radius 2 is 1.73 bits per heavy atom. The van der Waals surface area contributed by atoms with Crippen molar-refractivity contribution < 1.29 is 13.9 Å². The minimum absolute atomic E-state index is 0.101. The molecule has 3 rings (SSSR count). The van der Waals surface area contributed by atoms with Crippen LogP contribution in [0.2, 0.25) is 0 Å². The summed E-state index contributed by atoms with van der Waals surface area (Å²) >= 11 is 3.37. The summed E-state index contributed by atoms with van der Waals surface area (Å²) in [6.45, 7) is 0. The molecule has 0 amide bonds. The third-order valence-electron chi connectivity index (χ3n) is 3.38. The van der Waals surface area contributed by atoms with Gasteiger partial charge < -0.3 is 13.9 Å². The lowest BCUT2D eigenvalue weighted by molar-refractivity contribution is 0.412. The van der Waals surface area contributed by atoms with Crippen molar-refractivity contribution in [2.75, 3.05) is 14.2 Å². The first-order valence-electron chi connectivity index (χ1n) is 6.58. The van der Waals surface area contributed by atoms with E-state index in [1.54, 1.807) is 26.4 Å². The highest BCUT2D eigenvalue weighted by Gasteiger charge is 2.11. The van der Waals surface area contributed by atoms with Gasteiger partial charge in [-0.25, -0.2) is 0 Å². The number of fused-ring (bicyclic) bond motifs is 1. The number of benzene rings is 2. The molecule has 22 heavy (non-hydrogen) atoms. The second kappa shape index (κ2) is 5.85. The zero-order chi connectivity index (χ0) is 15.7. The number of hydrogen-bond donors (Lipinski definition) is 0. The first-order chi connectivity index (χ1) is 10.6. The van der Waals surface area contributed by atoms with Crippen LogP contribution in [-0.2, 0) is 0 Å². The Hall–Kier alpha value is -2.27. The average molecular weight is 361 g/mol. The Bertz CT molecular complexity index is 882. The molecule has 5 heteroatoms. The van der Waals surface area contributed by atoms with E-state index >= 15 is 0 Å². The molecule has 0 aliphatic heterocycles. The summed E-state index contributed by atoms with van der Waals surface area (Å²) in [5.41, 5.74) is 1.19. The van der Waals surface area contributed by atoms with Gasteiger partial charge in [-0.3, -0.25) is 4.79 Å². The molecule has 0 unspecified atom stereocenters. The maximum Gasteiger partial charge on any atom is 0.193 e. The summed E-state index contributed by atoms with van der Waals surface area (Å²) in [5, 5.41) is 0.505. The van der Waals surface area contributed by atoms with Gasteiger partial charge in [0.05, 0.1) is 24.1 Å². The molecule has 1 aromatic heterocycles. The lowest BCUT2D eigenvalue weighted by atomic mass is 10.1. The van der Waals surface area contributed by atoms with Gasteiger partial charge in [-0.1, -0.05) is 0 Å². The molecule has 1 heterocycles. The van der Waals surface area contributed by atoms with E-state index in [0.717, 1.165) is 11.3 Å². The number of rotatable bonds is 3. The smallest absolute Gasteiger partial charge is 0.193 e. The van der Waals surface area contributed by atoms with E-state index in [2.05, 4.69) is 15.9 Å². The topological polar surface area (TPSA) is 48.7 Å². The van der Waals surface area contributed by atoms with Crippen LogP contribution in [-0.4, -0.2) is 14.2 Å². The van der Waals surface area contributed by atoms with E-state index in [4.69, 9.17) is 13.9 Å². The van der Waals surface area contributed by atoms with Crippen molar-refractivity contribution in [1.82, 2.24) is 0 Å². The highest BCUT2D eigenvalue weighted by Crippen LogP contribution is 2.31. The van der Waals surface area contributed by atoms with Crippen LogP contribution in [0.4, 0.5) is 0 Å². The van der Waals surface area contributed by atoms with Crippen LogP contribution in [0, 0.1) is 0 Å². The van der Waals surface area contributed by atoms with Gasteiger partial charge in [0.25, 0.3) is 0 Å². The third kappa shape index (κ3) is 2.60. The normalized spacial score (nSPS) is 10.7. The number of methoxy groups -OCH3 is 2. The summed E-state index contributed by atoms with van der Waals surface area (Å²) in [7, 11) is 3.17. The Kier molecular flexibility index (Phi) is 3.90. The first-order valence-corrected chi connectivity index (χ1v) is 7.37. The van der Waals surface area contributed by atoms with Crippen LogP contribution in [0.1, 0.15) is 0 Å². The molecule has 2 aromatic carbocycles. The van der Waals surface area contributed by atoms with E-state index in [0.29, 0.717) is 27.0 Å². The van der Waals surface area contributed by atoms with Gasteiger partial charge in [-0.15, -0.1) is 0 Å². The molecule has 0 aliphatic carbocycles. The number of halogens is 1. The van der Waals surface area contributed by atoms with Crippen LogP contribution < -0.4 is 14.9 Å². The second-order valence-corrected chi connectivity index (χ2v) is 5.54. The molecular formula is C17H13BrO4. The SMILES string of the molecule is COc1ccc(-c2cc(=O)c3cc(Br)c(OC)cc3o2)cc1. The maximum atomic E-state index is 12.3. The van der Waals surface area contributed by atoms with Crippen molar-refractivity contribution in [3.8, 4) is 22.8 Å². The Morgan fingerprint density at radius 1 is 1.00 bits per heavy atom. The minimum Gasteiger partial charge on any atom is -0.497 e. The highest BCUT2D eigenvalue weighted by atomic mass is 79.9. The fourth-order valence-corrected chi connectivity index (χ4v) is 2.72. The molecule has 0 spiro atoms. The monoisotopic (exact) mass is 360 g/mol. The Labute approximate surface area is 135 Å². The van der Waals surface area contributed by atoms with E-state index in [9.17, 15) is 4.79 Å². The highest BCUT2D eigenvalue weighted by molar-refractivity contribution is 9.10. The van der Waals surface area contributed by atoms with E-state index < -0.39 is 0 Å². The van der Waals surface area contributed by atoms with Crippen molar-refractivity contribution in [2.24, 2.45) is 0 Å². The first kappa shape index (κ1) is 14.7. The van der Waals surface area contributed by atoms with E-state index in [1.165, 1.54) is 6.07 Å². The fraction of sp³-hybridized carbons (Fsp3) is 0.118. The molecule has 4 nitrogen and oxygen atoms in total. The summed E-state index contributed by atoms with van der Waals surface area (Å²) in [6.07, 6.45) is 0. The fourth-order valence-electron chi connectivity index (χ4n) is 2.21. The molecule has 0 N–H and O–H groups in total. The van der Waals surface area contributed by atoms with Gasteiger partial charge in [0.1, 0.15) is 22.8 Å². The lowest BCUT2D eigenvalue weighted by Crippen LogP contribution is -2.01. The third-order valence-corrected chi connectivity index (χ3v) is 4.00. The van der Waals surface area contributed by atoms with Crippen LogP contribution >= 0.6 is 15.9 Å². The Balaban J connectivity index is 2.18. The minimum atomic E-state index is -0.101. The predicted octanol–water partition coefficient (Wildman–Crippen LogP) is 4.24. The quantitative estimate of drug-likeness (QED) is 0.700. The summed E-state index contributed by atoms with van der Waals surface area (Å²) in [5.74, 6) is 1.87. The van der Waals surface area contributed by atoms with Crippen molar-refractivity contribution in [3.05, 3.63) is 57.2 Å². The number of ether oxygens (including phenoxy) is 2. The Morgan fingerprint density at radius 3 is 2.36 bits per heavy atom. The predicted molar refractivity (Wildman–Crippen MR) is 88.7 cm³/mol. The standard InChI is InChI=1S/C17H13BrO4/c1-20-11-5-3-10(4-6-11)15-8-14(19)12-7-13(18)17(21-2)9-16(12)22-15/h3-9H,1-2H3. The van der Waals surface area contributed by atoms with Crippen molar-refractivity contribution >= 4 is 26.9 Å². The molecule has 0 saturated carbocycles. The molecule has 112 valence electrons. The van der Waals surface area contributed by atoms with Gasteiger partial charge in [-0.05, 0) is 46.3 Å². The van der Waals surface area contributed by atoms with Crippen LogP contribution in [0.25, 0.3) is 22.3 Å². The van der Waals surface area contributed by atoms with Gasteiger partial charge in [0.15, 0.2) is 5.43 Å². The second-order valence-electron chi connectivity index (χ2n) is 4.69. The maximum absolute atomic E-state index is 12.3. The molecular weight excluding hydrogens is 348 g/mol. The zero-order valence-electron chi connectivity index (χ0n) is 12.1. The average Bonchev–Trinajstić information content (AvgIpc) is 2.55. The van der Waals surface area contributed by atoms with Gasteiger partial charge in [0, 0.05) is 17.7 Å². The van der Waals surface area contributed by atoms with Crippen LogP contribution in [0.5, 0.6) is 11.5 Å². The van der Waals surface area contributed by atoms with E-state index in [1.807, 2.05) is 24.3 Å². The van der Waals surface area contributed by atoms with Crippen LogP contribution in [0.15, 0.2) is 56.1 Å². The zero-order valence-corrected chi connectivity index (χ0v) is 13.6. The van der Waals surface area contributed by atoms with Gasteiger partial charge in [0.2, 0.25) is 0 Å². The van der Waals surface area contributed by atoms with Crippen molar-refractivity contribution in [2.45, 2.75) is 0 Å².